The molecule has 3 atom stereocenters. The first kappa shape index (κ1) is 13.2. The van der Waals surface area contributed by atoms with Gasteiger partial charge in [-0.1, -0.05) is 40.6 Å². The summed E-state index contributed by atoms with van der Waals surface area (Å²) >= 11 is 0. The molecule has 1 fully saturated rings. The van der Waals surface area contributed by atoms with Gasteiger partial charge in [-0.25, -0.2) is 0 Å². The summed E-state index contributed by atoms with van der Waals surface area (Å²) in [4.78, 5) is 5.44. The molecule has 1 saturated heterocycles. The summed E-state index contributed by atoms with van der Waals surface area (Å²) in [5.74, 6) is 0. The second kappa shape index (κ2) is 6.63. The highest BCUT2D eigenvalue weighted by molar-refractivity contribution is 5.16. The monoisotopic (exact) mass is 260 g/mol. The van der Waals surface area contributed by atoms with Crippen LogP contribution >= 0.6 is 0 Å². The Morgan fingerprint density at radius 3 is 2.68 bits per heavy atom. The molecular formula is C11H12N6O2. The minimum Gasteiger partial charge on any atom is -0.348 e. The summed E-state index contributed by atoms with van der Waals surface area (Å²) in [5.41, 5.74) is 17.7. The quantitative estimate of drug-likeness (QED) is 0.470. The smallest absolute Gasteiger partial charge is 0.184 e. The molecule has 1 aliphatic heterocycles. The molecule has 0 amide bonds. The summed E-state index contributed by atoms with van der Waals surface area (Å²) in [6, 6.07) is 8.92. The molecule has 1 aliphatic rings. The van der Waals surface area contributed by atoms with E-state index < -0.39 is 18.4 Å². The van der Waals surface area contributed by atoms with Gasteiger partial charge in [0.2, 0.25) is 0 Å². The van der Waals surface area contributed by atoms with Crippen LogP contribution in [0.1, 0.15) is 11.9 Å². The van der Waals surface area contributed by atoms with Crippen LogP contribution in [0.25, 0.3) is 20.9 Å². The van der Waals surface area contributed by atoms with E-state index in [2.05, 4.69) is 20.1 Å². The Morgan fingerprint density at radius 1 is 1.21 bits per heavy atom. The maximum Gasteiger partial charge on any atom is 0.184 e. The highest BCUT2D eigenvalue weighted by Crippen LogP contribution is 2.27. The van der Waals surface area contributed by atoms with Crippen LogP contribution in [0.5, 0.6) is 0 Å². The van der Waals surface area contributed by atoms with Crippen molar-refractivity contribution in [2.75, 3.05) is 13.2 Å². The van der Waals surface area contributed by atoms with Crippen LogP contribution in [0.15, 0.2) is 40.6 Å². The Hall–Kier alpha value is -2.24. The van der Waals surface area contributed by atoms with Crippen LogP contribution in [-0.2, 0) is 9.47 Å². The van der Waals surface area contributed by atoms with Crippen LogP contribution in [0.3, 0.4) is 0 Å². The van der Waals surface area contributed by atoms with E-state index in [1.54, 1.807) is 0 Å². The van der Waals surface area contributed by atoms with Crippen LogP contribution < -0.4 is 0 Å². The lowest BCUT2D eigenvalue weighted by molar-refractivity contribution is -0.221. The summed E-state index contributed by atoms with van der Waals surface area (Å²) in [7, 11) is 0. The molecule has 0 N–H and O–H groups in total. The molecule has 0 spiro atoms. The first-order valence-corrected chi connectivity index (χ1v) is 5.72. The normalized spacial score (nSPS) is 26.0. The standard InChI is InChI=1S/C11H12N6O2/c12-16-14-6-10-9(15-17-13)7-18-11(19-10)8-4-2-1-3-5-8/h1-5,9-11H,6-7H2/t9-,10+,11?/m1/s1. The summed E-state index contributed by atoms with van der Waals surface area (Å²) in [6.45, 7) is 0.335. The zero-order valence-corrected chi connectivity index (χ0v) is 10.0. The third-order valence-electron chi connectivity index (χ3n) is 2.74. The van der Waals surface area contributed by atoms with Gasteiger partial charge >= 0.3 is 0 Å². The number of azide groups is 2. The lowest BCUT2D eigenvalue weighted by Crippen LogP contribution is -2.40. The Morgan fingerprint density at radius 2 is 2.00 bits per heavy atom. The zero-order valence-electron chi connectivity index (χ0n) is 10.0. The molecule has 0 radical (unpaired) electrons. The van der Waals surface area contributed by atoms with Gasteiger partial charge < -0.3 is 9.47 Å². The number of nitrogens with zero attached hydrogens (tertiary/aromatic N) is 6. The SMILES string of the molecule is [N-]=[N+]=NC[C@@H]1OC(c2ccccc2)OC[C@H]1N=[N+]=[N-]. The van der Waals surface area contributed by atoms with Crippen molar-refractivity contribution >= 4 is 0 Å². The predicted molar refractivity (Wildman–Crippen MR) is 67.0 cm³/mol. The van der Waals surface area contributed by atoms with E-state index in [9.17, 15) is 0 Å². The summed E-state index contributed by atoms with van der Waals surface area (Å²) in [6.07, 6.45) is -1.02. The van der Waals surface area contributed by atoms with Gasteiger partial charge in [0.25, 0.3) is 0 Å². The van der Waals surface area contributed by atoms with E-state index in [0.717, 1.165) is 5.56 Å². The van der Waals surface area contributed by atoms with Crippen molar-refractivity contribution in [1.82, 2.24) is 0 Å². The van der Waals surface area contributed by atoms with Gasteiger partial charge in [-0.05, 0) is 11.1 Å². The highest BCUT2D eigenvalue weighted by atomic mass is 16.7. The van der Waals surface area contributed by atoms with E-state index in [1.165, 1.54) is 0 Å². The molecule has 0 saturated carbocycles. The second-order valence-corrected chi connectivity index (χ2v) is 3.94. The fraction of sp³-hybridized carbons (Fsp3) is 0.455. The molecule has 1 aromatic carbocycles. The maximum absolute atomic E-state index is 8.49. The van der Waals surface area contributed by atoms with Crippen molar-refractivity contribution in [3.8, 4) is 0 Å². The number of hydrogen-bond acceptors (Lipinski definition) is 4. The Labute approximate surface area is 109 Å². The molecule has 0 aromatic heterocycles. The van der Waals surface area contributed by atoms with Crippen LogP contribution in [0.4, 0.5) is 0 Å². The van der Waals surface area contributed by atoms with Gasteiger partial charge in [0.15, 0.2) is 6.29 Å². The molecule has 1 unspecified atom stereocenters. The van der Waals surface area contributed by atoms with Gasteiger partial charge in [0.1, 0.15) is 0 Å². The Bertz CT molecular complexity index is 509. The molecule has 0 aliphatic carbocycles. The predicted octanol–water partition coefficient (Wildman–Crippen LogP) is 3.09. The van der Waals surface area contributed by atoms with Gasteiger partial charge in [-0.3, -0.25) is 0 Å². The first-order valence-electron chi connectivity index (χ1n) is 5.72. The molecule has 1 aromatic rings. The Kier molecular flexibility index (Phi) is 4.60. The average Bonchev–Trinajstić information content (AvgIpc) is 2.47. The third-order valence-corrected chi connectivity index (χ3v) is 2.74. The van der Waals surface area contributed by atoms with Crippen molar-refractivity contribution in [3.63, 3.8) is 0 Å². The Balaban J connectivity index is 2.11. The highest BCUT2D eigenvalue weighted by Gasteiger charge is 2.31. The molecule has 19 heavy (non-hydrogen) atoms. The van der Waals surface area contributed by atoms with Crippen molar-refractivity contribution < 1.29 is 9.47 Å². The van der Waals surface area contributed by atoms with E-state index >= 15 is 0 Å². The van der Waals surface area contributed by atoms with Gasteiger partial charge in [-0.15, -0.1) is 0 Å². The van der Waals surface area contributed by atoms with Crippen LogP contribution in [0, 0.1) is 0 Å². The van der Waals surface area contributed by atoms with E-state index in [4.69, 9.17) is 20.5 Å². The van der Waals surface area contributed by atoms with Gasteiger partial charge in [0, 0.05) is 15.4 Å². The first-order chi connectivity index (χ1) is 9.35. The number of hydrogen-bond donors (Lipinski definition) is 0. The number of ether oxygens (including phenoxy) is 2. The minimum atomic E-state index is -0.537. The molecule has 2 rings (SSSR count). The van der Waals surface area contributed by atoms with Crippen molar-refractivity contribution in [3.05, 3.63) is 56.8 Å². The fourth-order valence-corrected chi connectivity index (χ4v) is 1.82. The lowest BCUT2D eigenvalue weighted by Gasteiger charge is -2.33. The average molecular weight is 260 g/mol. The van der Waals surface area contributed by atoms with E-state index in [0.29, 0.717) is 0 Å². The van der Waals surface area contributed by atoms with Crippen molar-refractivity contribution in [2.45, 2.75) is 18.4 Å². The minimum absolute atomic E-state index is 0.104. The van der Waals surface area contributed by atoms with Gasteiger partial charge in [-0.2, -0.15) is 0 Å². The molecular weight excluding hydrogens is 248 g/mol. The van der Waals surface area contributed by atoms with Crippen LogP contribution in [0.2, 0.25) is 0 Å². The third kappa shape index (κ3) is 3.37. The lowest BCUT2D eigenvalue weighted by atomic mass is 10.1. The number of benzene rings is 1. The molecule has 98 valence electrons. The second-order valence-electron chi connectivity index (χ2n) is 3.94. The zero-order chi connectivity index (χ0) is 13.5. The fourth-order valence-electron chi connectivity index (χ4n) is 1.82. The summed E-state index contributed by atoms with van der Waals surface area (Å²) < 4.78 is 11.2. The molecule has 1 heterocycles. The largest absolute Gasteiger partial charge is 0.348 e. The van der Waals surface area contributed by atoms with Crippen molar-refractivity contribution in [2.24, 2.45) is 10.2 Å². The summed E-state index contributed by atoms with van der Waals surface area (Å²) in [5, 5.41) is 7.07. The van der Waals surface area contributed by atoms with Gasteiger partial charge in [0.05, 0.1) is 25.3 Å². The van der Waals surface area contributed by atoms with Crippen LogP contribution in [-0.4, -0.2) is 25.3 Å². The number of rotatable bonds is 4. The molecule has 0 bridgehead atoms. The topological polar surface area (TPSA) is 116 Å². The maximum atomic E-state index is 8.49. The molecule has 8 nitrogen and oxygen atoms in total. The van der Waals surface area contributed by atoms with E-state index in [-0.39, 0.29) is 13.2 Å². The van der Waals surface area contributed by atoms with E-state index in [1.807, 2.05) is 30.3 Å². The molecule has 8 heteroatoms. The van der Waals surface area contributed by atoms with Crippen molar-refractivity contribution in [1.29, 1.82) is 0 Å².